The number of nitrogens with two attached hydrogens (primary N) is 1. The molecule has 0 atom stereocenters. The molecule has 0 spiro atoms. The van der Waals surface area contributed by atoms with Crippen molar-refractivity contribution in [3.8, 4) is 28.8 Å². The fraction of sp³-hybridized carbons (Fsp3) is 0.320. The Hall–Kier alpha value is -3.54. The molecule has 1 saturated heterocycles. The number of hydrogen-bond donors (Lipinski definition) is 1. The molecular formula is C25H25FN4O3. The summed E-state index contributed by atoms with van der Waals surface area (Å²) in [7, 11) is 0. The van der Waals surface area contributed by atoms with E-state index in [4.69, 9.17) is 19.9 Å². The fourth-order valence-corrected chi connectivity index (χ4v) is 3.62. The molecule has 1 aliphatic heterocycles. The minimum atomic E-state index is -0.436. The van der Waals surface area contributed by atoms with Crippen LogP contribution in [0.4, 0.5) is 4.39 Å². The monoisotopic (exact) mass is 448 g/mol. The molecule has 8 heteroatoms. The van der Waals surface area contributed by atoms with Crippen LogP contribution in [0.15, 0.2) is 48.7 Å². The molecule has 2 N–H and O–H groups in total. The Morgan fingerprint density at radius 3 is 2.76 bits per heavy atom. The first-order valence-electron chi connectivity index (χ1n) is 10.9. The van der Waals surface area contributed by atoms with Crippen LogP contribution in [-0.2, 0) is 11.2 Å². The maximum Gasteiger partial charge on any atom is 0.165 e. The third-order valence-electron chi connectivity index (χ3n) is 5.30. The Morgan fingerprint density at radius 2 is 1.97 bits per heavy atom. The summed E-state index contributed by atoms with van der Waals surface area (Å²) in [6, 6.07) is 14.2. The van der Waals surface area contributed by atoms with Crippen LogP contribution in [0, 0.1) is 17.1 Å². The smallest absolute Gasteiger partial charge is 0.165 e. The summed E-state index contributed by atoms with van der Waals surface area (Å²) in [5.41, 5.74) is 8.19. The second-order valence-corrected chi connectivity index (χ2v) is 7.69. The molecule has 0 amide bonds. The zero-order chi connectivity index (χ0) is 23.0. The number of benzene rings is 2. The van der Waals surface area contributed by atoms with Gasteiger partial charge in [0.1, 0.15) is 30.4 Å². The van der Waals surface area contributed by atoms with E-state index in [1.54, 1.807) is 30.5 Å². The maximum absolute atomic E-state index is 13.9. The predicted molar refractivity (Wildman–Crippen MR) is 120 cm³/mol. The molecule has 170 valence electrons. The first-order chi connectivity index (χ1) is 16.2. The number of rotatable bonds is 8. The molecule has 3 aromatic rings. The average Bonchev–Trinajstić information content (AvgIpc) is 2.85. The number of nitriles is 1. The van der Waals surface area contributed by atoms with Gasteiger partial charge >= 0.3 is 0 Å². The van der Waals surface area contributed by atoms with Gasteiger partial charge in [0.05, 0.1) is 24.5 Å². The minimum Gasteiger partial charge on any atom is -0.489 e. The van der Waals surface area contributed by atoms with Crippen LogP contribution in [0.3, 0.4) is 0 Å². The molecule has 33 heavy (non-hydrogen) atoms. The highest BCUT2D eigenvalue weighted by Crippen LogP contribution is 2.28. The van der Waals surface area contributed by atoms with Gasteiger partial charge in [-0.25, -0.2) is 14.4 Å². The van der Waals surface area contributed by atoms with Gasteiger partial charge in [0.2, 0.25) is 0 Å². The van der Waals surface area contributed by atoms with Crippen molar-refractivity contribution in [1.82, 2.24) is 9.97 Å². The second-order valence-electron chi connectivity index (χ2n) is 7.69. The second kappa shape index (κ2) is 10.9. The highest BCUT2D eigenvalue weighted by molar-refractivity contribution is 5.64. The van der Waals surface area contributed by atoms with Crippen molar-refractivity contribution >= 4 is 0 Å². The zero-order valence-electron chi connectivity index (χ0n) is 18.2. The van der Waals surface area contributed by atoms with Gasteiger partial charge in [-0.05, 0) is 42.0 Å². The van der Waals surface area contributed by atoms with Gasteiger partial charge in [0, 0.05) is 37.6 Å². The average molecular weight is 448 g/mol. The normalized spacial score (nSPS) is 14.0. The van der Waals surface area contributed by atoms with E-state index in [0.29, 0.717) is 49.0 Å². The lowest BCUT2D eigenvalue weighted by molar-refractivity contribution is 0.0254. The summed E-state index contributed by atoms with van der Waals surface area (Å²) in [6.07, 6.45) is 3.75. The molecular weight excluding hydrogens is 423 g/mol. The van der Waals surface area contributed by atoms with Crippen LogP contribution in [-0.4, -0.2) is 42.4 Å². The van der Waals surface area contributed by atoms with E-state index in [0.717, 1.165) is 24.0 Å². The molecule has 2 aromatic carbocycles. The van der Waals surface area contributed by atoms with E-state index in [2.05, 4.69) is 16.0 Å². The van der Waals surface area contributed by atoms with Crippen LogP contribution in [0.2, 0.25) is 0 Å². The number of halogens is 1. The Bertz CT molecular complexity index is 1140. The van der Waals surface area contributed by atoms with Crippen LogP contribution < -0.4 is 15.2 Å². The van der Waals surface area contributed by atoms with Gasteiger partial charge in [-0.2, -0.15) is 5.26 Å². The van der Waals surface area contributed by atoms with E-state index in [-0.39, 0.29) is 18.5 Å². The third-order valence-corrected chi connectivity index (χ3v) is 5.30. The van der Waals surface area contributed by atoms with Crippen molar-refractivity contribution in [2.24, 2.45) is 5.73 Å². The van der Waals surface area contributed by atoms with Gasteiger partial charge in [0.25, 0.3) is 0 Å². The number of aromatic nitrogens is 2. The van der Waals surface area contributed by atoms with Gasteiger partial charge in [-0.1, -0.05) is 6.07 Å². The minimum absolute atomic E-state index is 0.0526. The standard InChI is InChI=1S/C25H25FN4O3/c26-21-3-1-17(13-24(21)32-12-8-27)14-25-29-9-5-22(30-25)18-2-4-23(19(15-18)16-28)33-20-6-10-31-11-7-20/h1-5,9,13,15,20H,6-8,10-12,14,27H2. The highest BCUT2D eigenvalue weighted by Gasteiger charge is 2.17. The summed E-state index contributed by atoms with van der Waals surface area (Å²) in [5, 5.41) is 9.64. The fourth-order valence-electron chi connectivity index (χ4n) is 3.62. The van der Waals surface area contributed by atoms with Gasteiger partial charge in [0.15, 0.2) is 11.6 Å². The molecule has 0 saturated carbocycles. The van der Waals surface area contributed by atoms with Crippen LogP contribution in [0.5, 0.6) is 11.5 Å². The molecule has 0 bridgehead atoms. The number of nitrogens with zero attached hydrogens (tertiary/aromatic N) is 3. The van der Waals surface area contributed by atoms with E-state index in [9.17, 15) is 9.65 Å². The van der Waals surface area contributed by atoms with Crippen LogP contribution >= 0.6 is 0 Å². The lowest BCUT2D eigenvalue weighted by Gasteiger charge is -2.23. The summed E-state index contributed by atoms with van der Waals surface area (Å²) in [4.78, 5) is 8.99. The Morgan fingerprint density at radius 1 is 1.12 bits per heavy atom. The van der Waals surface area contributed by atoms with Gasteiger partial charge in [-0.3, -0.25) is 0 Å². The molecule has 0 unspecified atom stereocenters. The topological polar surface area (TPSA) is 103 Å². The maximum atomic E-state index is 13.9. The largest absolute Gasteiger partial charge is 0.489 e. The van der Waals surface area contributed by atoms with Crippen molar-refractivity contribution in [2.75, 3.05) is 26.4 Å². The van der Waals surface area contributed by atoms with Crippen molar-refractivity contribution < 1.29 is 18.6 Å². The molecule has 1 aliphatic rings. The first-order valence-corrected chi connectivity index (χ1v) is 10.9. The Labute approximate surface area is 192 Å². The zero-order valence-corrected chi connectivity index (χ0v) is 18.2. The Balaban J connectivity index is 1.52. The quantitative estimate of drug-likeness (QED) is 0.561. The lowest BCUT2D eigenvalue weighted by Crippen LogP contribution is -2.26. The van der Waals surface area contributed by atoms with Crippen molar-refractivity contribution in [3.63, 3.8) is 0 Å². The molecule has 1 fully saturated rings. The SMILES string of the molecule is N#Cc1cc(-c2ccnc(Cc3ccc(F)c(OCCN)c3)n2)ccc1OC1CCOCC1. The van der Waals surface area contributed by atoms with Crippen molar-refractivity contribution in [1.29, 1.82) is 5.26 Å². The molecule has 0 radical (unpaired) electrons. The van der Waals surface area contributed by atoms with E-state index < -0.39 is 5.82 Å². The molecule has 0 aliphatic carbocycles. The summed E-state index contributed by atoms with van der Waals surface area (Å²) in [6.45, 7) is 1.88. The third kappa shape index (κ3) is 5.83. The van der Waals surface area contributed by atoms with Gasteiger partial charge < -0.3 is 19.9 Å². The summed E-state index contributed by atoms with van der Waals surface area (Å²) >= 11 is 0. The lowest BCUT2D eigenvalue weighted by atomic mass is 10.1. The first kappa shape index (κ1) is 22.6. The predicted octanol–water partition coefficient (Wildman–Crippen LogP) is 3.64. The van der Waals surface area contributed by atoms with E-state index in [1.807, 2.05) is 12.1 Å². The molecule has 7 nitrogen and oxygen atoms in total. The number of ether oxygens (including phenoxy) is 3. The molecule has 4 rings (SSSR count). The van der Waals surface area contributed by atoms with Gasteiger partial charge in [-0.15, -0.1) is 0 Å². The summed E-state index contributed by atoms with van der Waals surface area (Å²) < 4.78 is 30.7. The van der Waals surface area contributed by atoms with Crippen LogP contribution in [0.25, 0.3) is 11.3 Å². The molecule has 1 aromatic heterocycles. The van der Waals surface area contributed by atoms with Crippen molar-refractivity contribution in [3.05, 3.63) is 71.4 Å². The van der Waals surface area contributed by atoms with E-state index >= 15 is 0 Å². The Kier molecular flexibility index (Phi) is 7.45. The molecule has 2 heterocycles. The number of hydrogen-bond acceptors (Lipinski definition) is 7. The summed E-state index contributed by atoms with van der Waals surface area (Å²) in [5.74, 6) is 0.866. The van der Waals surface area contributed by atoms with E-state index in [1.165, 1.54) is 6.07 Å². The van der Waals surface area contributed by atoms with Crippen LogP contribution in [0.1, 0.15) is 29.8 Å². The highest BCUT2D eigenvalue weighted by atomic mass is 19.1. The van der Waals surface area contributed by atoms with Crippen molar-refractivity contribution in [2.45, 2.75) is 25.4 Å².